The molecule has 1 aliphatic carbocycles. The second-order valence-corrected chi connectivity index (χ2v) is 10.1. The summed E-state index contributed by atoms with van der Waals surface area (Å²) in [5.41, 5.74) is 0.991. The number of hydrogen-bond acceptors (Lipinski definition) is 5. The Kier molecular flexibility index (Phi) is 6.57. The van der Waals surface area contributed by atoms with Gasteiger partial charge in [-0.15, -0.1) is 10.2 Å². The quantitative estimate of drug-likeness (QED) is 0.569. The Labute approximate surface area is 187 Å². The molecule has 1 aliphatic rings. The number of halogens is 1. The molecule has 0 aliphatic heterocycles. The van der Waals surface area contributed by atoms with Gasteiger partial charge in [0.15, 0.2) is 0 Å². The van der Waals surface area contributed by atoms with E-state index in [0.717, 1.165) is 25.3 Å². The van der Waals surface area contributed by atoms with Crippen LogP contribution < -0.4 is 9.46 Å². The summed E-state index contributed by atoms with van der Waals surface area (Å²) in [6.45, 7) is 3.87. The van der Waals surface area contributed by atoms with Crippen LogP contribution in [0.3, 0.4) is 0 Å². The van der Waals surface area contributed by atoms with Crippen LogP contribution in [0, 0.1) is 5.82 Å². The van der Waals surface area contributed by atoms with Gasteiger partial charge in [-0.1, -0.05) is 18.2 Å². The fraction of sp³-hybridized carbons (Fsp3) is 0.391. The van der Waals surface area contributed by atoms with Crippen LogP contribution >= 0.6 is 0 Å². The first kappa shape index (κ1) is 22.4. The molecule has 0 bridgehead atoms. The van der Waals surface area contributed by atoms with Gasteiger partial charge >= 0.3 is 0 Å². The van der Waals surface area contributed by atoms with Crippen molar-refractivity contribution in [2.45, 2.75) is 62.6 Å². The maximum atomic E-state index is 14.9. The van der Waals surface area contributed by atoms with E-state index in [1.807, 2.05) is 18.4 Å². The molecule has 1 aromatic heterocycles. The van der Waals surface area contributed by atoms with Crippen LogP contribution in [0.5, 0.6) is 5.75 Å². The summed E-state index contributed by atoms with van der Waals surface area (Å²) in [7, 11) is -3.84. The van der Waals surface area contributed by atoms with Crippen LogP contribution in [-0.4, -0.2) is 35.3 Å². The number of benzene rings is 2. The van der Waals surface area contributed by atoms with E-state index in [-0.39, 0.29) is 23.1 Å². The highest BCUT2D eigenvalue weighted by atomic mass is 32.2. The third-order valence-electron chi connectivity index (χ3n) is 5.61. The number of aromatic nitrogens is 3. The zero-order valence-electron chi connectivity index (χ0n) is 18.1. The van der Waals surface area contributed by atoms with Gasteiger partial charge < -0.3 is 9.30 Å². The van der Waals surface area contributed by atoms with E-state index < -0.39 is 15.8 Å². The number of nitrogens with one attached hydrogen (secondary N) is 1. The van der Waals surface area contributed by atoms with E-state index >= 15 is 0 Å². The maximum Gasteiger partial charge on any atom is 0.240 e. The second-order valence-electron chi connectivity index (χ2n) is 8.38. The highest BCUT2D eigenvalue weighted by Gasteiger charge is 2.28. The van der Waals surface area contributed by atoms with Crippen molar-refractivity contribution >= 4 is 10.0 Å². The molecular formula is C23H27FN4O3S. The van der Waals surface area contributed by atoms with Crippen molar-refractivity contribution in [3.8, 4) is 16.9 Å². The van der Waals surface area contributed by atoms with Gasteiger partial charge in [-0.2, -0.15) is 0 Å². The molecule has 1 saturated carbocycles. The molecule has 0 spiro atoms. The van der Waals surface area contributed by atoms with E-state index in [2.05, 4.69) is 14.9 Å². The summed E-state index contributed by atoms with van der Waals surface area (Å²) in [6.07, 6.45) is 6.56. The molecule has 0 amide bonds. The standard InChI is InChI=1S/C23H27FN4O3S/c1-16(2)31-20-8-6-17(7-9-20)22-11-10-21(13-23(22)24)32(29,30)27-18-4-3-5-19(12-18)28-14-25-26-15-28/h6-11,13-16,18-19,27H,3-5,12H2,1-2H3/t18-,19+/m0/s1. The Morgan fingerprint density at radius 3 is 2.47 bits per heavy atom. The summed E-state index contributed by atoms with van der Waals surface area (Å²) in [5, 5.41) is 7.66. The van der Waals surface area contributed by atoms with Crippen molar-refractivity contribution in [3.05, 3.63) is 60.9 Å². The summed E-state index contributed by atoms with van der Waals surface area (Å²) < 4.78 is 51.0. The molecule has 32 heavy (non-hydrogen) atoms. The first-order chi connectivity index (χ1) is 15.3. The van der Waals surface area contributed by atoms with Crippen molar-refractivity contribution < 1.29 is 17.5 Å². The highest BCUT2D eigenvalue weighted by Crippen LogP contribution is 2.30. The lowest BCUT2D eigenvalue weighted by molar-refractivity contribution is 0.242. The lowest BCUT2D eigenvalue weighted by atomic mass is 9.91. The molecular weight excluding hydrogens is 431 g/mol. The fourth-order valence-corrected chi connectivity index (χ4v) is 5.40. The summed E-state index contributed by atoms with van der Waals surface area (Å²) in [6, 6.07) is 11.0. The van der Waals surface area contributed by atoms with E-state index in [1.54, 1.807) is 36.9 Å². The van der Waals surface area contributed by atoms with Crippen molar-refractivity contribution in [3.63, 3.8) is 0 Å². The fourth-order valence-electron chi connectivity index (χ4n) is 4.11. The third kappa shape index (κ3) is 5.16. The van der Waals surface area contributed by atoms with Crippen LogP contribution in [0.25, 0.3) is 11.1 Å². The molecule has 0 radical (unpaired) electrons. The normalized spacial score (nSPS) is 19.2. The summed E-state index contributed by atoms with van der Waals surface area (Å²) in [4.78, 5) is -0.0788. The van der Waals surface area contributed by atoms with Gasteiger partial charge in [-0.25, -0.2) is 17.5 Å². The SMILES string of the molecule is CC(C)Oc1ccc(-c2ccc(S(=O)(=O)N[C@H]3CCC[C@@H](n4cnnc4)C3)cc2F)cc1. The molecule has 1 fully saturated rings. The first-order valence-electron chi connectivity index (χ1n) is 10.7. The van der Waals surface area contributed by atoms with E-state index in [0.29, 0.717) is 23.3 Å². The van der Waals surface area contributed by atoms with Crippen molar-refractivity contribution in [1.29, 1.82) is 0 Å². The molecule has 1 N–H and O–H groups in total. The monoisotopic (exact) mass is 458 g/mol. The summed E-state index contributed by atoms with van der Waals surface area (Å²) >= 11 is 0. The molecule has 7 nitrogen and oxygen atoms in total. The molecule has 9 heteroatoms. The van der Waals surface area contributed by atoms with Crippen LogP contribution in [0.1, 0.15) is 45.6 Å². The van der Waals surface area contributed by atoms with Crippen LogP contribution in [0.2, 0.25) is 0 Å². The Bertz CT molecular complexity index is 1150. The lowest BCUT2D eigenvalue weighted by Gasteiger charge is -2.30. The molecule has 170 valence electrons. The number of sulfonamides is 1. The van der Waals surface area contributed by atoms with Gasteiger partial charge in [0.2, 0.25) is 10.0 Å². The summed E-state index contributed by atoms with van der Waals surface area (Å²) in [5.74, 6) is 0.112. The molecule has 4 rings (SSSR count). The topological polar surface area (TPSA) is 86.1 Å². The van der Waals surface area contributed by atoms with Crippen LogP contribution in [-0.2, 0) is 10.0 Å². The van der Waals surface area contributed by atoms with Gasteiger partial charge in [-0.3, -0.25) is 0 Å². The predicted molar refractivity (Wildman–Crippen MR) is 119 cm³/mol. The average molecular weight is 459 g/mol. The minimum atomic E-state index is -3.84. The van der Waals surface area contributed by atoms with Crippen molar-refractivity contribution in [1.82, 2.24) is 19.5 Å². The smallest absolute Gasteiger partial charge is 0.240 e. The first-order valence-corrected chi connectivity index (χ1v) is 12.2. The Morgan fingerprint density at radius 2 is 1.81 bits per heavy atom. The Morgan fingerprint density at radius 1 is 1.09 bits per heavy atom. The van der Waals surface area contributed by atoms with Crippen LogP contribution in [0.15, 0.2) is 60.0 Å². The molecule has 0 saturated heterocycles. The molecule has 2 aromatic carbocycles. The van der Waals surface area contributed by atoms with Crippen molar-refractivity contribution in [2.24, 2.45) is 0 Å². The average Bonchev–Trinajstić information content (AvgIpc) is 3.29. The van der Waals surface area contributed by atoms with E-state index in [9.17, 15) is 12.8 Å². The third-order valence-corrected chi connectivity index (χ3v) is 7.13. The minimum absolute atomic E-state index is 0.0469. The molecule has 0 unspecified atom stereocenters. The Hall–Kier alpha value is -2.78. The second kappa shape index (κ2) is 9.38. The molecule has 3 aromatic rings. The molecule has 2 atom stereocenters. The molecule has 1 heterocycles. The largest absolute Gasteiger partial charge is 0.491 e. The van der Waals surface area contributed by atoms with E-state index in [4.69, 9.17) is 4.74 Å². The van der Waals surface area contributed by atoms with Gasteiger partial charge in [0.1, 0.15) is 24.2 Å². The van der Waals surface area contributed by atoms with Crippen molar-refractivity contribution in [2.75, 3.05) is 0 Å². The van der Waals surface area contributed by atoms with Gasteiger partial charge in [0.25, 0.3) is 0 Å². The predicted octanol–water partition coefficient (Wildman–Crippen LogP) is 4.33. The van der Waals surface area contributed by atoms with E-state index in [1.165, 1.54) is 12.1 Å². The number of nitrogens with zero attached hydrogens (tertiary/aromatic N) is 3. The minimum Gasteiger partial charge on any atom is -0.491 e. The van der Waals surface area contributed by atoms with Gasteiger partial charge in [0, 0.05) is 17.6 Å². The number of rotatable bonds is 7. The zero-order chi connectivity index (χ0) is 22.7. The Balaban J connectivity index is 1.48. The maximum absolute atomic E-state index is 14.9. The van der Waals surface area contributed by atoms with Gasteiger partial charge in [0.05, 0.1) is 11.0 Å². The van der Waals surface area contributed by atoms with Gasteiger partial charge in [-0.05, 0) is 69.4 Å². The zero-order valence-corrected chi connectivity index (χ0v) is 18.9. The lowest BCUT2D eigenvalue weighted by Crippen LogP contribution is -2.38. The van der Waals surface area contributed by atoms with Crippen LogP contribution in [0.4, 0.5) is 4.39 Å². The number of ether oxygens (including phenoxy) is 1. The number of hydrogen-bond donors (Lipinski definition) is 1. The highest BCUT2D eigenvalue weighted by molar-refractivity contribution is 7.89.